The number of aromatic nitrogens is 3. The predicted octanol–water partition coefficient (Wildman–Crippen LogP) is 5.65. The highest BCUT2D eigenvalue weighted by molar-refractivity contribution is 6.00. The Bertz CT molecular complexity index is 1520. The third kappa shape index (κ3) is 6.13. The highest BCUT2D eigenvalue weighted by Crippen LogP contribution is 2.26. The molecule has 9 heteroatoms. The Morgan fingerprint density at radius 1 is 0.895 bits per heavy atom. The van der Waals surface area contributed by atoms with Crippen LogP contribution in [0.5, 0.6) is 0 Å². The first kappa shape index (κ1) is 24.9. The minimum atomic E-state index is -0.277. The molecule has 192 valence electrons. The fraction of sp³-hybridized carbons (Fsp3) is 0.172. The van der Waals surface area contributed by atoms with Crippen LogP contribution in [0.1, 0.15) is 11.1 Å². The monoisotopic (exact) mass is 507 g/mol. The van der Waals surface area contributed by atoms with E-state index >= 15 is 0 Å². The molecule has 0 saturated carbocycles. The Labute approximate surface area is 220 Å². The van der Waals surface area contributed by atoms with E-state index in [9.17, 15) is 4.79 Å². The zero-order valence-electron chi connectivity index (χ0n) is 21.3. The summed E-state index contributed by atoms with van der Waals surface area (Å²) in [4.78, 5) is 27.8. The summed E-state index contributed by atoms with van der Waals surface area (Å²) < 4.78 is 5.82. The molecule has 0 spiro atoms. The van der Waals surface area contributed by atoms with Gasteiger partial charge in [0.15, 0.2) is 11.3 Å². The second-order valence-corrected chi connectivity index (χ2v) is 9.11. The topological polar surface area (TPSA) is 108 Å². The number of hydrogen-bond acceptors (Lipinski definition) is 7. The Morgan fingerprint density at radius 3 is 2.45 bits per heavy atom. The zero-order valence-corrected chi connectivity index (χ0v) is 21.3. The molecule has 0 atom stereocenters. The molecule has 0 aliphatic heterocycles. The van der Waals surface area contributed by atoms with Crippen LogP contribution >= 0.6 is 0 Å². The summed E-state index contributed by atoms with van der Waals surface area (Å²) >= 11 is 0. The molecule has 0 aliphatic carbocycles. The van der Waals surface area contributed by atoms with Crippen molar-refractivity contribution in [2.75, 3.05) is 36.6 Å². The molecule has 9 nitrogen and oxygen atoms in total. The lowest BCUT2D eigenvalue weighted by atomic mass is 10.1. The largest absolute Gasteiger partial charge is 0.417 e. The number of benzene rings is 3. The first-order valence-corrected chi connectivity index (χ1v) is 12.4. The van der Waals surface area contributed by atoms with Crippen LogP contribution in [0.4, 0.5) is 22.0 Å². The van der Waals surface area contributed by atoms with Crippen molar-refractivity contribution >= 4 is 34.5 Å². The number of hydrogen-bond donors (Lipinski definition) is 3. The van der Waals surface area contributed by atoms with E-state index in [0.717, 1.165) is 41.0 Å². The van der Waals surface area contributed by atoms with Crippen molar-refractivity contribution in [2.45, 2.75) is 13.0 Å². The molecule has 3 N–H and O–H groups in total. The van der Waals surface area contributed by atoms with Gasteiger partial charge in [-0.05, 0) is 62.0 Å². The first-order chi connectivity index (χ1) is 18.5. The van der Waals surface area contributed by atoms with Crippen LogP contribution < -0.4 is 16.0 Å². The summed E-state index contributed by atoms with van der Waals surface area (Å²) in [7, 11) is 4.00. The average molecular weight is 508 g/mol. The zero-order chi connectivity index (χ0) is 26.3. The first-order valence-electron chi connectivity index (χ1n) is 12.4. The summed E-state index contributed by atoms with van der Waals surface area (Å²) in [6, 6.07) is 25.0. The number of anilines is 3. The molecule has 0 bridgehead atoms. The Morgan fingerprint density at radius 2 is 1.66 bits per heavy atom. The number of carbonyl (C=O) groups excluding carboxylic acids is 1. The quantitative estimate of drug-likeness (QED) is 0.237. The smallest absolute Gasteiger partial charge is 0.323 e. The van der Waals surface area contributed by atoms with Gasteiger partial charge in [0.2, 0.25) is 5.89 Å². The molecule has 0 aliphatic rings. The average Bonchev–Trinajstić information content (AvgIpc) is 3.36. The van der Waals surface area contributed by atoms with Crippen LogP contribution in [0, 0.1) is 0 Å². The number of rotatable bonds is 9. The van der Waals surface area contributed by atoms with Crippen molar-refractivity contribution in [3.8, 4) is 11.5 Å². The summed E-state index contributed by atoms with van der Waals surface area (Å²) in [6.07, 6.45) is 2.23. The lowest BCUT2D eigenvalue weighted by molar-refractivity contribution is 0.262. The van der Waals surface area contributed by atoms with Gasteiger partial charge < -0.3 is 25.3 Å². The molecule has 2 heterocycles. The van der Waals surface area contributed by atoms with Gasteiger partial charge in [-0.1, -0.05) is 48.5 Å². The molecule has 5 rings (SSSR count). The van der Waals surface area contributed by atoms with E-state index < -0.39 is 0 Å². The number of urea groups is 1. The van der Waals surface area contributed by atoms with Gasteiger partial charge in [0.05, 0.1) is 0 Å². The maximum atomic E-state index is 12.6. The van der Waals surface area contributed by atoms with E-state index in [0.29, 0.717) is 29.5 Å². The third-order valence-electron chi connectivity index (χ3n) is 5.89. The highest BCUT2D eigenvalue weighted by Gasteiger charge is 2.13. The van der Waals surface area contributed by atoms with Gasteiger partial charge in [-0.3, -0.25) is 0 Å². The third-order valence-corrected chi connectivity index (χ3v) is 5.89. The predicted molar refractivity (Wildman–Crippen MR) is 150 cm³/mol. The molecule has 0 radical (unpaired) electrons. The van der Waals surface area contributed by atoms with Crippen LogP contribution in [0.15, 0.2) is 89.6 Å². The second kappa shape index (κ2) is 11.5. The van der Waals surface area contributed by atoms with Gasteiger partial charge in [-0.2, -0.15) is 4.98 Å². The van der Waals surface area contributed by atoms with Crippen LogP contribution in [0.3, 0.4) is 0 Å². The van der Waals surface area contributed by atoms with Crippen LogP contribution in [-0.4, -0.2) is 46.5 Å². The van der Waals surface area contributed by atoms with Gasteiger partial charge in [0, 0.05) is 30.0 Å². The SMILES string of the molecule is CN(C)Cc1ccccc1NC(=O)Nc1ccc(CCNc2ncnc3oc(-c4ccccc4)nc23)cc1. The van der Waals surface area contributed by atoms with Gasteiger partial charge in [0.25, 0.3) is 5.71 Å². The van der Waals surface area contributed by atoms with Crippen LogP contribution in [-0.2, 0) is 13.0 Å². The van der Waals surface area contributed by atoms with Crippen molar-refractivity contribution < 1.29 is 9.21 Å². The van der Waals surface area contributed by atoms with Gasteiger partial charge >= 0.3 is 6.03 Å². The molecule has 0 saturated heterocycles. The van der Waals surface area contributed by atoms with Gasteiger partial charge in [-0.15, -0.1) is 0 Å². The summed E-state index contributed by atoms with van der Waals surface area (Å²) in [5, 5.41) is 9.18. The Hall–Kier alpha value is -4.76. The van der Waals surface area contributed by atoms with Crippen molar-refractivity contribution in [3.05, 3.63) is 96.3 Å². The maximum Gasteiger partial charge on any atom is 0.323 e. The second-order valence-electron chi connectivity index (χ2n) is 9.11. The molecule has 0 unspecified atom stereocenters. The molecule has 2 aromatic heterocycles. The number of amides is 2. The lowest BCUT2D eigenvalue weighted by Crippen LogP contribution is -2.21. The lowest BCUT2D eigenvalue weighted by Gasteiger charge is -2.15. The fourth-order valence-electron chi connectivity index (χ4n) is 4.07. The summed E-state index contributed by atoms with van der Waals surface area (Å²) in [5.74, 6) is 1.14. The van der Waals surface area contributed by atoms with Crippen molar-refractivity contribution in [2.24, 2.45) is 0 Å². The van der Waals surface area contributed by atoms with Crippen LogP contribution in [0.2, 0.25) is 0 Å². The molecule has 0 fully saturated rings. The molecule has 3 aromatic carbocycles. The van der Waals surface area contributed by atoms with Gasteiger partial charge in [-0.25, -0.2) is 14.8 Å². The Kier molecular flexibility index (Phi) is 7.56. The molecule has 2 amide bonds. The van der Waals surface area contributed by atoms with E-state index in [4.69, 9.17) is 4.42 Å². The summed E-state index contributed by atoms with van der Waals surface area (Å²) in [5.41, 5.74) is 5.62. The van der Waals surface area contributed by atoms with E-state index in [1.165, 1.54) is 6.33 Å². The minimum Gasteiger partial charge on any atom is -0.417 e. The van der Waals surface area contributed by atoms with Crippen molar-refractivity contribution in [1.82, 2.24) is 19.9 Å². The Balaban J connectivity index is 1.16. The normalized spacial score (nSPS) is 11.0. The molecule has 5 aromatic rings. The number of nitrogens with one attached hydrogen (secondary N) is 3. The summed E-state index contributed by atoms with van der Waals surface area (Å²) in [6.45, 7) is 1.39. The van der Waals surface area contributed by atoms with E-state index in [-0.39, 0.29) is 6.03 Å². The molecule has 38 heavy (non-hydrogen) atoms. The maximum absolute atomic E-state index is 12.6. The fourth-order valence-corrected chi connectivity index (χ4v) is 4.07. The number of oxazole rings is 1. The van der Waals surface area contributed by atoms with E-state index in [2.05, 4.69) is 35.8 Å². The van der Waals surface area contributed by atoms with E-state index in [1.54, 1.807) is 0 Å². The number of fused-ring (bicyclic) bond motifs is 1. The molecular formula is C29H29N7O2. The van der Waals surface area contributed by atoms with Crippen LogP contribution in [0.25, 0.3) is 22.7 Å². The molecular weight excluding hydrogens is 478 g/mol. The number of nitrogens with zero attached hydrogens (tertiary/aromatic N) is 4. The minimum absolute atomic E-state index is 0.277. The van der Waals surface area contributed by atoms with Gasteiger partial charge in [0.1, 0.15) is 6.33 Å². The van der Waals surface area contributed by atoms with Crippen molar-refractivity contribution in [3.63, 3.8) is 0 Å². The number of carbonyl (C=O) groups is 1. The number of para-hydroxylation sites is 1. The van der Waals surface area contributed by atoms with E-state index in [1.807, 2.05) is 93.0 Å². The van der Waals surface area contributed by atoms with Crippen molar-refractivity contribution in [1.29, 1.82) is 0 Å². The highest BCUT2D eigenvalue weighted by atomic mass is 16.4. The standard InChI is InChI=1S/C29H29N7O2/c1-36(2)18-22-10-6-7-11-24(22)34-29(37)33-23-14-12-20(13-15-23)16-17-30-26-25-28(32-19-31-26)38-27(35-25)21-8-4-3-5-9-21/h3-15,19H,16-18H2,1-2H3,(H,30,31,32)(H2,33,34,37).